The monoisotopic (exact) mass is 442 g/mol. The average molecular weight is 443 g/mol. The number of anilines is 1. The number of halogens is 1. The van der Waals surface area contributed by atoms with Gasteiger partial charge in [-0.25, -0.2) is 0 Å². The molecule has 1 N–H and O–H groups in total. The van der Waals surface area contributed by atoms with Crippen LogP contribution in [0.25, 0.3) is 0 Å². The zero-order valence-electron chi connectivity index (χ0n) is 17.5. The van der Waals surface area contributed by atoms with Crippen molar-refractivity contribution in [1.29, 1.82) is 10.5 Å². The largest absolute Gasteiger partial charge is 0.322 e. The van der Waals surface area contributed by atoms with Crippen LogP contribution < -0.4 is 5.32 Å². The first-order chi connectivity index (χ1) is 15.1. The van der Waals surface area contributed by atoms with Crippen molar-refractivity contribution in [2.24, 2.45) is 0 Å². The first kappa shape index (κ1) is 23.0. The SMILES string of the molecule is Cl.N#Cc1ccc(CN(Cc2cccc(C(=O)Nc3ccc(C#N)cc3)c2)C2CC2)cc1. The van der Waals surface area contributed by atoms with Crippen molar-refractivity contribution in [1.82, 2.24) is 4.90 Å². The maximum atomic E-state index is 12.7. The van der Waals surface area contributed by atoms with E-state index in [1.807, 2.05) is 48.5 Å². The Balaban J connectivity index is 0.00000289. The minimum Gasteiger partial charge on any atom is -0.322 e. The molecule has 0 aromatic heterocycles. The molecule has 1 amide bonds. The minimum atomic E-state index is -0.170. The van der Waals surface area contributed by atoms with Crippen molar-refractivity contribution in [3.63, 3.8) is 0 Å². The van der Waals surface area contributed by atoms with Crippen LogP contribution in [0.5, 0.6) is 0 Å². The summed E-state index contributed by atoms with van der Waals surface area (Å²) in [6.45, 7) is 1.58. The minimum absolute atomic E-state index is 0. The molecule has 32 heavy (non-hydrogen) atoms. The Labute approximate surface area is 194 Å². The highest BCUT2D eigenvalue weighted by atomic mass is 35.5. The molecule has 1 aliphatic rings. The van der Waals surface area contributed by atoms with Crippen molar-refractivity contribution in [2.75, 3.05) is 5.32 Å². The van der Waals surface area contributed by atoms with Gasteiger partial charge >= 0.3 is 0 Å². The molecule has 160 valence electrons. The van der Waals surface area contributed by atoms with Crippen LogP contribution in [0.2, 0.25) is 0 Å². The molecule has 0 bridgehead atoms. The summed E-state index contributed by atoms with van der Waals surface area (Å²) in [5.74, 6) is -0.170. The predicted octanol–water partition coefficient (Wildman–Crippen LogP) is 5.27. The van der Waals surface area contributed by atoms with E-state index in [2.05, 4.69) is 22.4 Å². The fourth-order valence-electron chi connectivity index (χ4n) is 3.55. The lowest BCUT2D eigenvalue weighted by molar-refractivity contribution is 0.102. The van der Waals surface area contributed by atoms with Gasteiger partial charge in [-0.15, -0.1) is 12.4 Å². The fraction of sp³-hybridized carbons (Fsp3) is 0.192. The Bertz CT molecular complexity index is 1160. The summed E-state index contributed by atoms with van der Waals surface area (Å²) in [6.07, 6.45) is 2.38. The van der Waals surface area contributed by atoms with E-state index in [1.54, 1.807) is 24.3 Å². The molecule has 1 saturated carbocycles. The highest BCUT2D eigenvalue weighted by molar-refractivity contribution is 6.04. The average Bonchev–Trinajstić information content (AvgIpc) is 3.65. The van der Waals surface area contributed by atoms with Crippen LogP contribution in [0.1, 0.15) is 45.5 Å². The van der Waals surface area contributed by atoms with E-state index in [-0.39, 0.29) is 18.3 Å². The topological polar surface area (TPSA) is 79.9 Å². The number of benzene rings is 3. The molecule has 1 fully saturated rings. The molecule has 0 heterocycles. The van der Waals surface area contributed by atoms with Gasteiger partial charge in [-0.05, 0) is 72.5 Å². The summed E-state index contributed by atoms with van der Waals surface area (Å²) >= 11 is 0. The lowest BCUT2D eigenvalue weighted by Crippen LogP contribution is -2.25. The smallest absolute Gasteiger partial charge is 0.255 e. The van der Waals surface area contributed by atoms with E-state index in [1.165, 1.54) is 18.4 Å². The van der Waals surface area contributed by atoms with Gasteiger partial charge in [0.15, 0.2) is 0 Å². The zero-order valence-corrected chi connectivity index (χ0v) is 18.3. The van der Waals surface area contributed by atoms with E-state index in [9.17, 15) is 4.79 Å². The molecule has 0 spiro atoms. The molecule has 3 aromatic rings. The third-order valence-corrected chi connectivity index (χ3v) is 5.38. The van der Waals surface area contributed by atoms with Gasteiger partial charge < -0.3 is 5.32 Å². The first-order valence-corrected chi connectivity index (χ1v) is 10.3. The molecule has 1 aliphatic carbocycles. The number of nitriles is 2. The van der Waals surface area contributed by atoms with Crippen molar-refractivity contribution >= 4 is 24.0 Å². The van der Waals surface area contributed by atoms with Crippen molar-refractivity contribution in [2.45, 2.75) is 32.0 Å². The van der Waals surface area contributed by atoms with E-state index in [0.717, 1.165) is 18.7 Å². The Morgan fingerprint density at radius 2 is 1.47 bits per heavy atom. The van der Waals surface area contributed by atoms with Crippen molar-refractivity contribution < 1.29 is 4.79 Å². The highest BCUT2D eigenvalue weighted by Gasteiger charge is 2.29. The predicted molar refractivity (Wildman–Crippen MR) is 126 cm³/mol. The molecule has 0 aliphatic heterocycles. The number of hydrogen-bond acceptors (Lipinski definition) is 4. The van der Waals surface area contributed by atoms with E-state index < -0.39 is 0 Å². The summed E-state index contributed by atoms with van der Waals surface area (Å²) in [7, 11) is 0. The number of hydrogen-bond donors (Lipinski definition) is 1. The Hall–Kier alpha value is -3.64. The lowest BCUT2D eigenvalue weighted by Gasteiger charge is -2.22. The Kier molecular flexibility index (Phi) is 7.63. The van der Waals surface area contributed by atoms with Gasteiger partial charge in [0.1, 0.15) is 0 Å². The Morgan fingerprint density at radius 1 is 0.875 bits per heavy atom. The maximum absolute atomic E-state index is 12.7. The van der Waals surface area contributed by atoms with Crippen LogP contribution in [-0.4, -0.2) is 16.8 Å². The molecule has 0 unspecified atom stereocenters. The zero-order chi connectivity index (χ0) is 21.6. The van der Waals surface area contributed by atoms with Gasteiger partial charge in [0.2, 0.25) is 0 Å². The first-order valence-electron chi connectivity index (χ1n) is 10.3. The van der Waals surface area contributed by atoms with Crippen LogP contribution in [-0.2, 0) is 13.1 Å². The number of carbonyl (C=O) groups excluding carboxylic acids is 1. The fourth-order valence-corrected chi connectivity index (χ4v) is 3.55. The van der Waals surface area contributed by atoms with Gasteiger partial charge in [0, 0.05) is 30.4 Å². The number of carbonyl (C=O) groups is 1. The van der Waals surface area contributed by atoms with Crippen LogP contribution in [0.3, 0.4) is 0 Å². The number of rotatable bonds is 7. The summed E-state index contributed by atoms with van der Waals surface area (Å²) in [6, 6.07) is 27.1. The van der Waals surface area contributed by atoms with Crippen LogP contribution in [0, 0.1) is 22.7 Å². The Morgan fingerprint density at radius 3 is 2.06 bits per heavy atom. The van der Waals surface area contributed by atoms with E-state index in [0.29, 0.717) is 28.4 Å². The summed E-state index contributed by atoms with van der Waals surface area (Å²) < 4.78 is 0. The molecule has 0 radical (unpaired) electrons. The molecule has 3 aromatic carbocycles. The van der Waals surface area contributed by atoms with Crippen LogP contribution in [0.15, 0.2) is 72.8 Å². The summed E-state index contributed by atoms with van der Waals surface area (Å²) in [5.41, 5.74) is 4.77. The molecule has 0 atom stereocenters. The second-order valence-corrected chi connectivity index (χ2v) is 7.79. The standard InChI is InChI=1S/C26H22N4O.ClH/c27-15-19-4-6-21(7-5-19)17-30(25-12-13-25)18-22-2-1-3-23(14-22)26(31)29-24-10-8-20(16-28)9-11-24;/h1-11,14,25H,12-13,17-18H2,(H,29,31);1H. The molecule has 6 heteroatoms. The van der Waals surface area contributed by atoms with Crippen LogP contribution in [0.4, 0.5) is 5.69 Å². The van der Waals surface area contributed by atoms with Gasteiger partial charge in [-0.3, -0.25) is 9.69 Å². The van der Waals surface area contributed by atoms with E-state index >= 15 is 0 Å². The number of nitrogens with zero attached hydrogens (tertiary/aromatic N) is 3. The molecule has 5 nitrogen and oxygen atoms in total. The van der Waals surface area contributed by atoms with Gasteiger partial charge in [0.25, 0.3) is 5.91 Å². The highest BCUT2D eigenvalue weighted by Crippen LogP contribution is 2.30. The van der Waals surface area contributed by atoms with Crippen molar-refractivity contribution in [3.05, 3.63) is 101 Å². The summed E-state index contributed by atoms with van der Waals surface area (Å²) in [4.78, 5) is 15.1. The van der Waals surface area contributed by atoms with Gasteiger partial charge in [0.05, 0.1) is 23.3 Å². The number of amides is 1. The molecule has 4 rings (SSSR count). The molecular weight excluding hydrogens is 420 g/mol. The van der Waals surface area contributed by atoms with Crippen molar-refractivity contribution in [3.8, 4) is 12.1 Å². The molecular formula is C26H23ClN4O. The van der Waals surface area contributed by atoms with Gasteiger partial charge in [-0.1, -0.05) is 24.3 Å². The third kappa shape index (κ3) is 5.95. The maximum Gasteiger partial charge on any atom is 0.255 e. The normalized spacial score (nSPS) is 12.3. The van der Waals surface area contributed by atoms with E-state index in [4.69, 9.17) is 10.5 Å². The quantitative estimate of drug-likeness (QED) is 0.540. The molecule has 0 saturated heterocycles. The second kappa shape index (κ2) is 10.6. The van der Waals surface area contributed by atoms with Crippen LogP contribution >= 0.6 is 12.4 Å². The third-order valence-electron chi connectivity index (χ3n) is 5.38. The summed E-state index contributed by atoms with van der Waals surface area (Å²) in [5, 5.41) is 20.8. The number of nitrogens with one attached hydrogen (secondary N) is 1. The second-order valence-electron chi connectivity index (χ2n) is 7.79. The van der Waals surface area contributed by atoms with Gasteiger partial charge in [-0.2, -0.15) is 10.5 Å². The lowest BCUT2D eigenvalue weighted by atomic mass is 10.1.